The Kier molecular flexibility index (Phi) is 8.82. The highest BCUT2D eigenvalue weighted by Gasteiger charge is 2.55. The van der Waals surface area contributed by atoms with Gasteiger partial charge < -0.3 is 14.9 Å². The molecule has 0 amide bonds. The molecule has 0 aromatic carbocycles. The van der Waals surface area contributed by atoms with Crippen LogP contribution in [-0.2, 0) is 4.74 Å². The van der Waals surface area contributed by atoms with E-state index in [2.05, 4.69) is 40.7 Å². The van der Waals surface area contributed by atoms with Gasteiger partial charge in [0, 0.05) is 13.2 Å². The zero-order chi connectivity index (χ0) is 25.3. The highest BCUT2D eigenvalue weighted by molar-refractivity contribution is 5.16. The van der Waals surface area contributed by atoms with E-state index in [0.29, 0.717) is 17.3 Å². The molecule has 202 valence electrons. The van der Waals surface area contributed by atoms with E-state index in [4.69, 9.17) is 4.74 Å². The molecule has 3 nitrogen and oxygen atoms in total. The van der Waals surface area contributed by atoms with Crippen LogP contribution in [0.3, 0.4) is 0 Å². The average Bonchev–Trinajstić information content (AvgIpc) is 3.19. The second-order valence-electron chi connectivity index (χ2n) is 14.1. The first kappa shape index (κ1) is 27.6. The van der Waals surface area contributed by atoms with Crippen LogP contribution in [0.4, 0.5) is 0 Å². The first-order chi connectivity index (χ1) is 16.6. The summed E-state index contributed by atoms with van der Waals surface area (Å²) in [5, 5.41) is 22.2. The quantitative estimate of drug-likeness (QED) is 0.310. The summed E-state index contributed by atoms with van der Waals surface area (Å²) < 4.78 is 5.54. The van der Waals surface area contributed by atoms with Crippen molar-refractivity contribution in [2.45, 2.75) is 136 Å². The number of allylic oxidation sites excluding steroid dienone is 1. The summed E-state index contributed by atoms with van der Waals surface area (Å²) in [6, 6.07) is 0. The standard InChI is InChI=1S/C32H56O3/c1-6-7-16-30(3,33)22-24-8-9-27-25(21-24)13-17-31(4)28(10-11-29(27)31)23(2)12-18-32(5,34)26-14-19-35-20-15-26/h8,23,25-29,33-34H,6-7,9-22H2,1-5H3/t23-,25-,27-,28-,29+,30?,31-,32?/m1/s1. The Balaban J connectivity index is 1.34. The van der Waals surface area contributed by atoms with Gasteiger partial charge in [0.05, 0.1) is 11.2 Å². The van der Waals surface area contributed by atoms with Crippen LogP contribution < -0.4 is 0 Å². The van der Waals surface area contributed by atoms with Gasteiger partial charge >= 0.3 is 0 Å². The van der Waals surface area contributed by atoms with Crippen molar-refractivity contribution in [3.8, 4) is 0 Å². The Hall–Kier alpha value is -0.380. The van der Waals surface area contributed by atoms with E-state index >= 15 is 0 Å². The van der Waals surface area contributed by atoms with Crippen LogP contribution in [0.5, 0.6) is 0 Å². The van der Waals surface area contributed by atoms with E-state index < -0.39 is 11.2 Å². The fraction of sp³-hybridized carbons (Fsp3) is 0.938. The van der Waals surface area contributed by atoms with Crippen molar-refractivity contribution >= 4 is 0 Å². The zero-order valence-corrected chi connectivity index (χ0v) is 23.7. The Morgan fingerprint density at radius 3 is 2.54 bits per heavy atom. The van der Waals surface area contributed by atoms with Gasteiger partial charge in [0.1, 0.15) is 0 Å². The number of rotatable bonds is 10. The molecule has 3 fully saturated rings. The summed E-state index contributed by atoms with van der Waals surface area (Å²) in [7, 11) is 0. The predicted molar refractivity (Wildman–Crippen MR) is 145 cm³/mol. The van der Waals surface area contributed by atoms with Gasteiger partial charge in [-0.2, -0.15) is 0 Å². The van der Waals surface area contributed by atoms with Gasteiger partial charge in [0.25, 0.3) is 0 Å². The predicted octanol–water partition coefficient (Wildman–Crippen LogP) is 7.69. The molecule has 1 heterocycles. The van der Waals surface area contributed by atoms with Crippen LogP contribution in [0, 0.1) is 40.9 Å². The van der Waals surface area contributed by atoms with Crippen LogP contribution in [0.25, 0.3) is 0 Å². The van der Waals surface area contributed by atoms with Crippen LogP contribution in [0.15, 0.2) is 11.6 Å². The minimum absolute atomic E-state index is 0.400. The topological polar surface area (TPSA) is 49.7 Å². The van der Waals surface area contributed by atoms with Crippen molar-refractivity contribution in [1.82, 2.24) is 0 Å². The smallest absolute Gasteiger partial charge is 0.0656 e. The van der Waals surface area contributed by atoms with Gasteiger partial charge in [0.2, 0.25) is 0 Å². The SMILES string of the molecule is CCCCC(C)(O)CC1=CC[C@@H]2[C@H](CC[C@]3(C)[C@@H]([C@H](C)CCC(C)(O)C4CCOCC4)CC[C@@H]23)C1. The molecule has 2 unspecified atom stereocenters. The molecule has 1 aliphatic heterocycles. The van der Waals surface area contributed by atoms with Gasteiger partial charge in [-0.1, -0.05) is 45.3 Å². The van der Waals surface area contributed by atoms with E-state index in [1.807, 2.05) is 0 Å². The minimum Gasteiger partial charge on any atom is -0.390 e. The van der Waals surface area contributed by atoms with Crippen molar-refractivity contribution in [1.29, 1.82) is 0 Å². The van der Waals surface area contributed by atoms with Gasteiger partial charge in [-0.05, 0) is 132 Å². The molecular weight excluding hydrogens is 432 g/mol. The number of fused-ring (bicyclic) bond motifs is 3. The van der Waals surface area contributed by atoms with Gasteiger partial charge in [0.15, 0.2) is 0 Å². The lowest BCUT2D eigenvalue weighted by atomic mass is 9.53. The fourth-order valence-corrected chi connectivity index (χ4v) is 9.20. The van der Waals surface area contributed by atoms with Gasteiger partial charge in [-0.15, -0.1) is 0 Å². The number of ether oxygens (including phenoxy) is 1. The van der Waals surface area contributed by atoms with Crippen LogP contribution in [-0.4, -0.2) is 34.6 Å². The van der Waals surface area contributed by atoms with Crippen LogP contribution in [0.1, 0.15) is 125 Å². The van der Waals surface area contributed by atoms with E-state index in [1.165, 1.54) is 44.1 Å². The van der Waals surface area contributed by atoms with Gasteiger partial charge in [-0.3, -0.25) is 0 Å². The molecule has 0 radical (unpaired) electrons. The first-order valence-corrected chi connectivity index (χ1v) is 15.3. The normalized spacial score (nSPS) is 38.1. The molecular formula is C32H56O3. The number of hydrogen-bond donors (Lipinski definition) is 2. The molecule has 2 N–H and O–H groups in total. The van der Waals surface area contributed by atoms with Crippen LogP contribution >= 0.6 is 0 Å². The van der Waals surface area contributed by atoms with E-state index in [0.717, 1.165) is 88.3 Å². The molecule has 3 heteroatoms. The third-order valence-corrected chi connectivity index (χ3v) is 11.4. The maximum Gasteiger partial charge on any atom is 0.0656 e. The van der Waals surface area contributed by atoms with Crippen molar-refractivity contribution in [3.63, 3.8) is 0 Å². The Morgan fingerprint density at radius 2 is 1.83 bits per heavy atom. The highest BCUT2D eigenvalue weighted by Crippen LogP contribution is 2.63. The third-order valence-electron chi connectivity index (χ3n) is 11.4. The molecule has 3 aliphatic carbocycles. The lowest BCUT2D eigenvalue weighted by molar-refractivity contribution is -0.0651. The van der Waals surface area contributed by atoms with Crippen molar-refractivity contribution in [2.24, 2.45) is 40.9 Å². The average molecular weight is 489 g/mol. The van der Waals surface area contributed by atoms with Crippen LogP contribution in [0.2, 0.25) is 0 Å². The van der Waals surface area contributed by atoms with Crippen molar-refractivity contribution in [2.75, 3.05) is 13.2 Å². The monoisotopic (exact) mass is 488 g/mol. The number of aliphatic hydroxyl groups is 2. The van der Waals surface area contributed by atoms with Crippen molar-refractivity contribution < 1.29 is 14.9 Å². The number of unbranched alkanes of at least 4 members (excludes halogenated alkanes) is 1. The summed E-state index contributed by atoms with van der Waals surface area (Å²) in [4.78, 5) is 0. The van der Waals surface area contributed by atoms with E-state index in [-0.39, 0.29) is 0 Å². The zero-order valence-electron chi connectivity index (χ0n) is 23.7. The molecule has 4 aliphatic rings. The molecule has 1 saturated heterocycles. The first-order valence-electron chi connectivity index (χ1n) is 15.3. The second kappa shape index (κ2) is 11.2. The summed E-state index contributed by atoms with van der Waals surface area (Å²) >= 11 is 0. The summed E-state index contributed by atoms with van der Waals surface area (Å²) in [5.74, 6) is 4.44. The van der Waals surface area contributed by atoms with Crippen molar-refractivity contribution in [3.05, 3.63) is 11.6 Å². The molecule has 2 saturated carbocycles. The number of hydrogen-bond acceptors (Lipinski definition) is 3. The third kappa shape index (κ3) is 6.20. The highest BCUT2D eigenvalue weighted by atomic mass is 16.5. The van der Waals surface area contributed by atoms with Gasteiger partial charge in [-0.25, -0.2) is 0 Å². The lowest BCUT2D eigenvalue weighted by Gasteiger charge is -2.51. The maximum atomic E-state index is 11.3. The fourth-order valence-electron chi connectivity index (χ4n) is 9.20. The second-order valence-corrected chi connectivity index (χ2v) is 14.1. The van der Waals surface area contributed by atoms with E-state index in [9.17, 15) is 10.2 Å². The largest absolute Gasteiger partial charge is 0.390 e. The molecule has 0 bridgehead atoms. The Morgan fingerprint density at radius 1 is 1.09 bits per heavy atom. The maximum absolute atomic E-state index is 11.3. The molecule has 0 aromatic heterocycles. The summed E-state index contributed by atoms with van der Waals surface area (Å²) in [5.41, 5.74) is 0.937. The Bertz CT molecular complexity index is 718. The molecule has 35 heavy (non-hydrogen) atoms. The minimum atomic E-state index is -0.544. The lowest BCUT2D eigenvalue weighted by Crippen LogP contribution is -2.44. The summed E-state index contributed by atoms with van der Waals surface area (Å²) in [6.07, 6.45) is 18.7. The Labute approximate surface area is 216 Å². The van der Waals surface area contributed by atoms with E-state index in [1.54, 1.807) is 0 Å². The summed E-state index contributed by atoms with van der Waals surface area (Å²) in [6.45, 7) is 13.1. The molecule has 0 spiro atoms. The molecule has 0 aromatic rings. The molecule has 8 atom stereocenters. The molecule has 4 rings (SSSR count).